The van der Waals surface area contributed by atoms with Crippen molar-refractivity contribution in [2.45, 2.75) is 6.54 Å². The van der Waals surface area contributed by atoms with Gasteiger partial charge in [-0.3, -0.25) is 18.9 Å². The third-order valence-electron chi connectivity index (χ3n) is 3.94. The second kappa shape index (κ2) is 6.23. The lowest BCUT2D eigenvalue weighted by molar-refractivity contribution is -0.125. The van der Waals surface area contributed by atoms with Crippen LogP contribution in [0.3, 0.4) is 0 Å². The first-order valence-corrected chi connectivity index (χ1v) is 7.80. The van der Waals surface area contributed by atoms with E-state index in [0.29, 0.717) is 22.9 Å². The van der Waals surface area contributed by atoms with Crippen molar-refractivity contribution in [2.75, 3.05) is 18.1 Å². The third-order valence-corrected chi connectivity index (χ3v) is 3.94. The van der Waals surface area contributed by atoms with Crippen molar-refractivity contribution in [3.63, 3.8) is 0 Å². The minimum atomic E-state index is -0.280. The summed E-state index contributed by atoms with van der Waals surface area (Å²) in [7, 11) is 0. The van der Waals surface area contributed by atoms with E-state index in [1.165, 1.54) is 4.90 Å². The Morgan fingerprint density at radius 3 is 2.92 bits per heavy atom. The number of rotatable bonds is 4. The standard InChI is InChI=1S/C17H15N5O3/c23-16(18-9-15-20-19-14-7-3-4-8-21(14)15)10-22-12-5-1-2-6-13(12)25-11-17(22)24/h1-8H,9-11H2,(H,18,23). The maximum atomic E-state index is 12.3. The molecule has 0 spiro atoms. The van der Waals surface area contributed by atoms with Crippen molar-refractivity contribution < 1.29 is 14.3 Å². The topological polar surface area (TPSA) is 88.8 Å². The molecular weight excluding hydrogens is 322 g/mol. The molecule has 126 valence electrons. The summed E-state index contributed by atoms with van der Waals surface area (Å²) in [5.41, 5.74) is 1.31. The number of pyridine rings is 1. The van der Waals surface area contributed by atoms with Gasteiger partial charge in [-0.05, 0) is 24.3 Å². The first-order valence-electron chi connectivity index (χ1n) is 7.80. The third kappa shape index (κ3) is 2.89. The highest BCUT2D eigenvalue weighted by atomic mass is 16.5. The number of amides is 2. The van der Waals surface area contributed by atoms with E-state index in [4.69, 9.17) is 4.74 Å². The van der Waals surface area contributed by atoms with Crippen LogP contribution in [0.5, 0.6) is 5.75 Å². The lowest BCUT2D eigenvalue weighted by Gasteiger charge is -2.28. The monoisotopic (exact) mass is 337 g/mol. The molecule has 1 N–H and O–H groups in total. The normalized spacial score (nSPS) is 13.4. The van der Waals surface area contributed by atoms with Gasteiger partial charge in [-0.2, -0.15) is 0 Å². The van der Waals surface area contributed by atoms with Gasteiger partial charge in [0.25, 0.3) is 5.91 Å². The summed E-state index contributed by atoms with van der Waals surface area (Å²) in [5, 5.41) is 10.9. The van der Waals surface area contributed by atoms with Gasteiger partial charge in [-0.1, -0.05) is 18.2 Å². The van der Waals surface area contributed by atoms with Crippen LogP contribution in [0, 0.1) is 0 Å². The number of nitrogens with one attached hydrogen (secondary N) is 1. The number of ether oxygens (including phenoxy) is 1. The van der Waals surface area contributed by atoms with E-state index in [1.54, 1.807) is 22.6 Å². The zero-order chi connectivity index (χ0) is 17.2. The smallest absolute Gasteiger partial charge is 0.265 e. The molecule has 8 nitrogen and oxygen atoms in total. The van der Waals surface area contributed by atoms with Gasteiger partial charge in [-0.15, -0.1) is 10.2 Å². The summed E-state index contributed by atoms with van der Waals surface area (Å²) in [6.07, 6.45) is 1.83. The molecule has 0 saturated heterocycles. The van der Waals surface area contributed by atoms with Gasteiger partial charge in [0, 0.05) is 6.20 Å². The molecule has 2 amide bonds. The van der Waals surface area contributed by atoms with Gasteiger partial charge in [0.05, 0.1) is 12.2 Å². The Morgan fingerprint density at radius 2 is 2.00 bits per heavy atom. The number of nitrogens with zero attached hydrogens (tertiary/aromatic N) is 4. The summed E-state index contributed by atoms with van der Waals surface area (Å²) in [6, 6.07) is 12.7. The highest BCUT2D eigenvalue weighted by Gasteiger charge is 2.26. The SMILES string of the molecule is O=C(CN1C(=O)COc2ccccc21)NCc1nnc2ccccn12. The average Bonchev–Trinajstić information content (AvgIpc) is 3.06. The molecule has 3 heterocycles. The lowest BCUT2D eigenvalue weighted by Crippen LogP contribution is -2.45. The number of fused-ring (bicyclic) bond motifs is 2. The minimum absolute atomic E-state index is 0.0703. The largest absolute Gasteiger partial charge is 0.482 e. The Morgan fingerprint density at radius 1 is 1.16 bits per heavy atom. The van der Waals surface area contributed by atoms with Crippen LogP contribution >= 0.6 is 0 Å². The van der Waals surface area contributed by atoms with Crippen molar-refractivity contribution >= 4 is 23.1 Å². The molecule has 25 heavy (non-hydrogen) atoms. The number of para-hydroxylation sites is 2. The number of anilines is 1. The highest BCUT2D eigenvalue weighted by Crippen LogP contribution is 2.31. The fourth-order valence-corrected chi connectivity index (χ4v) is 2.72. The number of hydrogen-bond acceptors (Lipinski definition) is 5. The van der Waals surface area contributed by atoms with E-state index in [-0.39, 0.29) is 31.5 Å². The van der Waals surface area contributed by atoms with E-state index in [1.807, 2.05) is 30.5 Å². The van der Waals surface area contributed by atoms with Gasteiger partial charge < -0.3 is 10.1 Å². The number of carbonyl (C=O) groups excluding carboxylic acids is 2. The van der Waals surface area contributed by atoms with E-state index in [2.05, 4.69) is 15.5 Å². The number of benzene rings is 1. The van der Waals surface area contributed by atoms with Crippen LogP contribution in [-0.4, -0.2) is 39.6 Å². The molecular formula is C17H15N5O3. The lowest BCUT2D eigenvalue weighted by atomic mass is 10.2. The molecule has 0 aliphatic carbocycles. The van der Waals surface area contributed by atoms with Gasteiger partial charge in [-0.25, -0.2) is 0 Å². The molecule has 0 bridgehead atoms. The molecule has 0 unspecified atom stereocenters. The predicted molar refractivity (Wildman–Crippen MR) is 89.1 cm³/mol. The van der Waals surface area contributed by atoms with Crippen molar-refractivity contribution in [3.8, 4) is 5.75 Å². The first-order chi connectivity index (χ1) is 12.2. The fraction of sp³-hybridized carbons (Fsp3) is 0.176. The summed E-state index contributed by atoms with van der Waals surface area (Å²) >= 11 is 0. The van der Waals surface area contributed by atoms with Gasteiger partial charge in [0.15, 0.2) is 18.1 Å². The van der Waals surface area contributed by atoms with Gasteiger partial charge >= 0.3 is 0 Å². The summed E-state index contributed by atoms with van der Waals surface area (Å²) in [5.74, 6) is 0.690. The second-order valence-corrected chi connectivity index (χ2v) is 5.56. The minimum Gasteiger partial charge on any atom is -0.482 e. The van der Waals surface area contributed by atoms with E-state index in [0.717, 1.165) is 0 Å². The molecule has 0 fully saturated rings. The Labute approximate surface area is 143 Å². The maximum Gasteiger partial charge on any atom is 0.265 e. The second-order valence-electron chi connectivity index (χ2n) is 5.56. The summed E-state index contributed by atoms with van der Waals surface area (Å²) < 4.78 is 7.17. The van der Waals surface area contributed by atoms with Gasteiger partial charge in [0.2, 0.25) is 5.91 Å². The van der Waals surface area contributed by atoms with E-state index < -0.39 is 0 Å². The molecule has 4 rings (SSSR count). The number of hydrogen-bond donors (Lipinski definition) is 1. The Hall–Kier alpha value is -3.42. The Kier molecular flexibility index (Phi) is 3.77. The molecule has 8 heteroatoms. The van der Waals surface area contributed by atoms with Crippen molar-refractivity contribution in [3.05, 3.63) is 54.5 Å². The molecule has 1 aliphatic rings. The van der Waals surface area contributed by atoms with Crippen LogP contribution in [0.25, 0.3) is 5.65 Å². The number of aromatic nitrogens is 3. The molecule has 2 aromatic heterocycles. The number of carbonyl (C=O) groups is 2. The molecule has 0 radical (unpaired) electrons. The van der Waals surface area contributed by atoms with Crippen molar-refractivity contribution in [1.82, 2.24) is 19.9 Å². The average molecular weight is 337 g/mol. The van der Waals surface area contributed by atoms with E-state index >= 15 is 0 Å². The fourth-order valence-electron chi connectivity index (χ4n) is 2.72. The Bertz CT molecular complexity index is 952. The Balaban J connectivity index is 1.45. The predicted octanol–water partition coefficient (Wildman–Crippen LogP) is 0.771. The maximum absolute atomic E-state index is 12.3. The molecule has 1 aliphatic heterocycles. The van der Waals surface area contributed by atoms with E-state index in [9.17, 15) is 9.59 Å². The molecule has 3 aromatic rings. The van der Waals surface area contributed by atoms with Crippen LogP contribution in [-0.2, 0) is 16.1 Å². The van der Waals surface area contributed by atoms with Crippen molar-refractivity contribution in [1.29, 1.82) is 0 Å². The van der Waals surface area contributed by atoms with Crippen LogP contribution < -0.4 is 15.0 Å². The molecule has 1 aromatic carbocycles. The van der Waals surface area contributed by atoms with Crippen LogP contribution in [0.4, 0.5) is 5.69 Å². The molecule has 0 saturated carbocycles. The first kappa shape index (κ1) is 15.1. The van der Waals surface area contributed by atoms with Crippen molar-refractivity contribution in [2.24, 2.45) is 0 Å². The van der Waals surface area contributed by atoms with Crippen LogP contribution in [0.2, 0.25) is 0 Å². The van der Waals surface area contributed by atoms with Crippen LogP contribution in [0.1, 0.15) is 5.82 Å². The summed E-state index contributed by atoms with van der Waals surface area (Å²) in [4.78, 5) is 25.8. The zero-order valence-electron chi connectivity index (χ0n) is 13.3. The quantitative estimate of drug-likeness (QED) is 0.760. The molecule has 0 atom stereocenters. The zero-order valence-corrected chi connectivity index (χ0v) is 13.3. The van der Waals surface area contributed by atoms with Gasteiger partial charge in [0.1, 0.15) is 12.3 Å². The summed E-state index contributed by atoms with van der Waals surface area (Å²) in [6.45, 7) is 0.0826. The van der Waals surface area contributed by atoms with Crippen LogP contribution in [0.15, 0.2) is 48.7 Å². The highest BCUT2D eigenvalue weighted by molar-refractivity contribution is 6.02.